The molecule has 11 heteroatoms. The number of benzene rings is 1. The summed E-state index contributed by atoms with van der Waals surface area (Å²) in [4.78, 5) is 10.9. The Hall–Kier alpha value is -1.11. The predicted octanol–water partition coefficient (Wildman–Crippen LogP) is 4.24. The first-order chi connectivity index (χ1) is 9.90. The minimum atomic E-state index is -5.86. The fourth-order valence-electron chi connectivity index (χ4n) is 1.80. The van der Waals surface area contributed by atoms with E-state index in [2.05, 4.69) is 6.13 Å². The SMILES string of the molecule is CC(=O)OI1OC(C(F)(F)F)(C(F)(F)F)c2ccc(F)cc21. The van der Waals surface area contributed by atoms with Gasteiger partial charge in [0, 0.05) is 0 Å². The van der Waals surface area contributed by atoms with E-state index in [9.17, 15) is 35.5 Å². The summed E-state index contributed by atoms with van der Waals surface area (Å²) in [6, 6.07) is 1.29. The Labute approximate surface area is 126 Å². The molecular formula is C11H6F7IO3. The normalized spacial score (nSPS) is 19.0. The fraction of sp³-hybridized carbons (Fsp3) is 0.364. The molecule has 0 spiro atoms. The molecule has 0 amide bonds. The number of fused-ring (bicyclic) bond motifs is 1. The number of hydrogen-bond donors (Lipinski definition) is 0. The van der Waals surface area contributed by atoms with Crippen LogP contribution in [-0.4, -0.2) is 18.3 Å². The summed E-state index contributed by atoms with van der Waals surface area (Å²) < 4.78 is 100. The third kappa shape index (κ3) is 2.53. The molecule has 1 aliphatic rings. The van der Waals surface area contributed by atoms with Gasteiger partial charge < -0.3 is 0 Å². The van der Waals surface area contributed by atoms with Crippen LogP contribution in [0.15, 0.2) is 18.2 Å². The van der Waals surface area contributed by atoms with Crippen molar-refractivity contribution >= 4 is 26.6 Å². The number of rotatable bonds is 1. The molecule has 3 nitrogen and oxygen atoms in total. The van der Waals surface area contributed by atoms with E-state index in [1.54, 1.807) is 0 Å². The zero-order valence-electron chi connectivity index (χ0n) is 10.5. The van der Waals surface area contributed by atoms with Gasteiger partial charge in [0.05, 0.1) is 0 Å². The summed E-state index contributed by atoms with van der Waals surface area (Å²) in [6.45, 7) is 0.807. The van der Waals surface area contributed by atoms with Crippen molar-refractivity contribution in [2.75, 3.05) is 0 Å². The Bertz CT molecular complexity index is 597. The zero-order valence-corrected chi connectivity index (χ0v) is 12.6. The average molecular weight is 446 g/mol. The molecule has 0 bridgehead atoms. The molecule has 22 heavy (non-hydrogen) atoms. The van der Waals surface area contributed by atoms with Crippen LogP contribution in [0.25, 0.3) is 0 Å². The zero-order chi connectivity index (χ0) is 16.9. The minimum absolute atomic E-state index is 0.354. The van der Waals surface area contributed by atoms with Gasteiger partial charge in [-0.25, -0.2) is 0 Å². The van der Waals surface area contributed by atoms with Crippen LogP contribution in [-0.2, 0) is 16.5 Å². The van der Waals surface area contributed by atoms with Crippen LogP contribution in [0.3, 0.4) is 0 Å². The number of hydrogen-bond acceptors (Lipinski definition) is 3. The summed E-state index contributed by atoms with van der Waals surface area (Å²) in [5, 5.41) is 0. The topological polar surface area (TPSA) is 35.5 Å². The van der Waals surface area contributed by atoms with E-state index in [1.165, 1.54) is 0 Å². The summed E-state index contributed by atoms with van der Waals surface area (Å²) in [7, 11) is 0. The molecular weight excluding hydrogens is 440 g/mol. The van der Waals surface area contributed by atoms with Gasteiger partial charge in [-0.05, 0) is 0 Å². The molecule has 0 N–H and O–H groups in total. The Morgan fingerprint density at radius 2 is 1.73 bits per heavy atom. The van der Waals surface area contributed by atoms with Gasteiger partial charge in [0.2, 0.25) is 0 Å². The maximum absolute atomic E-state index is 13.2. The Morgan fingerprint density at radius 1 is 1.18 bits per heavy atom. The molecule has 1 aromatic carbocycles. The van der Waals surface area contributed by atoms with Crippen molar-refractivity contribution in [2.45, 2.75) is 24.9 Å². The molecule has 0 saturated carbocycles. The third-order valence-corrected chi connectivity index (χ3v) is 6.56. The molecule has 0 saturated heterocycles. The van der Waals surface area contributed by atoms with Crippen molar-refractivity contribution in [3.63, 3.8) is 0 Å². The Kier molecular flexibility index (Phi) is 4.09. The first-order valence-corrected chi connectivity index (χ1v) is 8.26. The van der Waals surface area contributed by atoms with Crippen LogP contribution in [0.2, 0.25) is 0 Å². The van der Waals surface area contributed by atoms with Crippen LogP contribution < -0.4 is 0 Å². The van der Waals surface area contributed by atoms with Gasteiger partial charge in [-0.15, -0.1) is 0 Å². The molecule has 0 fully saturated rings. The first-order valence-electron chi connectivity index (χ1n) is 5.42. The van der Waals surface area contributed by atoms with Crippen molar-refractivity contribution in [2.24, 2.45) is 0 Å². The quantitative estimate of drug-likeness (QED) is 0.479. The standard InChI is InChI=1S/C11H6F7IO3/c1-5(20)21-19-8-4-6(12)2-3-7(8)9(22-19,10(13,14)15)11(16,17)18/h2-4H,1H3. The molecule has 0 atom stereocenters. The number of alkyl halides is 6. The molecule has 2 rings (SSSR count). The van der Waals surface area contributed by atoms with Crippen molar-refractivity contribution in [3.8, 4) is 0 Å². The number of carbonyl (C=O) groups excluding carboxylic acids is 1. The molecule has 0 aliphatic carbocycles. The summed E-state index contributed by atoms with van der Waals surface area (Å²) in [5.74, 6) is -2.17. The van der Waals surface area contributed by atoms with E-state index in [-0.39, 0.29) is 0 Å². The van der Waals surface area contributed by atoms with Crippen LogP contribution in [0.4, 0.5) is 30.7 Å². The molecule has 1 aliphatic heterocycles. The molecule has 0 aromatic heterocycles. The fourth-order valence-corrected chi connectivity index (χ4v) is 5.85. The van der Waals surface area contributed by atoms with E-state index in [1.807, 2.05) is 0 Å². The van der Waals surface area contributed by atoms with Crippen LogP contribution in [0.1, 0.15) is 12.5 Å². The third-order valence-electron chi connectivity index (χ3n) is 2.64. The summed E-state index contributed by atoms with van der Waals surface area (Å²) in [5.41, 5.74) is -5.91. The first kappa shape index (κ1) is 17.2. The van der Waals surface area contributed by atoms with E-state index < -0.39 is 59.5 Å². The van der Waals surface area contributed by atoms with Crippen molar-refractivity contribution < 1.29 is 41.7 Å². The number of carbonyl (C=O) groups is 1. The predicted molar refractivity (Wildman–Crippen MR) is 65.8 cm³/mol. The second kappa shape index (κ2) is 5.22. The van der Waals surface area contributed by atoms with Gasteiger partial charge in [-0.2, -0.15) is 0 Å². The Balaban J connectivity index is 2.72. The van der Waals surface area contributed by atoms with Gasteiger partial charge in [0.15, 0.2) is 0 Å². The maximum atomic E-state index is 13.2. The van der Waals surface area contributed by atoms with E-state index >= 15 is 0 Å². The molecule has 0 radical (unpaired) electrons. The van der Waals surface area contributed by atoms with E-state index in [4.69, 9.17) is 0 Å². The monoisotopic (exact) mass is 446 g/mol. The van der Waals surface area contributed by atoms with Crippen molar-refractivity contribution in [1.82, 2.24) is 0 Å². The van der Waals surface area contributed by atoms with Crippen LogP contribution in [0.5, 0.6) is 0 Å². The second-order valence-electron chi connectivity index (χ2n) is 4.16. The summed E-state index contributed by atoms with van der Waals surface area (Å²) in [6.07, 6.45) is -11.7. The van der Waals surface area contributed by atoms with Gasteiger partial charge in [0.25, 0.3) is 0 Å². The number of halogens is 8. The van der Waals surface area contributed by atoms with Crippen LogP contribution >= 0.6 is 20.6 Å². The average Bonchev–Trinajstić information content (AvgIpc) is 2.62. The second-order valence-corrected chi connectivity index (χ2v) is 7.45. The molecule has 0 unspecified atom stereocenters. The van der Waals surface area contributed by atoms with Gasteiger partial charge in [-0.3, -0.25) is 0 Å². The van der Waals surface area contributed by atoms with Gasteiger partial charge in [-0.1, -0.05) is 0 Å². The Morgan fingerprint density at radius 3 is 2.18 bits per heavy atom. The molecule has 124 valence electrons. The van der Waals surface area contributed by atoms with E-state index in [0.29, 0.717) is 18.2 Å². The van der Waals surface area contributed by atoms with Crippen molar-refractivity contribution in [3.05, 3.63) is 33.1 Å². The van der Waals surface area contributed by atoms with Gasteiger partial charge in [0.1, 0.15) is 0 Å². The molecule has 1 aromatic rings. The van der Waals surface area contributed by atoms with E-state index in [0.717, 1.165) is 6.92 Å². The van der Waals surface area contributed by atoms with Crippen molar-refractivity contribution in [1.29, 1.82) is 0 Å². The van der Waals surface area contributed by atoms with Gasteiger partial charge >= 0.3 is 126 Å². The van der Waals surface area contributed by atoms with Crippen LogP contribution in [0, 0.1) is 9.39 Å². The summed E-state index contributed by atoms with van der Waals surface area (Å²) >= 11 is -4.12. The molecule has 1 heterocycles.